The molecule has 1 aliphatic rings. The Morgan fingerprint density at radius 1 is 1.10 bits per heavy atom. The average molecular weight is 405 g/mol. The van der Waals surface area contributed by atoms with Crippen molar-refractivity contribution in [2.45, 2.75) is 50.2 Å². The maximum atomic E-state index is 13.1. The van der Waals surface area contributed by atoms with Crippen LogP contribution in [0.2, 0.25) is 0 Å². The summed E-state index contributed by atoms with van der Waals surface area (Å²) in [5, 5.41) is 20.6. The van der Waals surface area contributed by atoms with E-state index in [0.717, 1.165) is 24.9 Å². The summed E-state index contributed by atoms with van der Waals surface area (Å²) in [7, 11) is 0. The summed E-state index contributed by atoms with van der Waals surface area (Å²) in [6.07, 6.45) is 6.20. The molecule has 0 fully saturated rings. The summed E-state index contributed by atoms with van der Waals surface area (Å²) >= 11 is 0. The number of hydrogen-bond donors (Lipinski definition) is 4. The van der Waals surface area contributed by atoms with Gasteiger partial charge in [0.1, 0.15) is 6.04 Å². The van der Waals surface area contributed by atoms with Gasteiger partial charge in [0.25, 0.3) is 5.91 Å². The van der Waals surface area contributed by atoms with Gasteiger partial charge < -0.3 is 26.2 Å². The largest absolute Gasteiger partial charge is 0.479 e. The summed E-state index contributed by atoms with van der Waals surface area (Å²) < 4.78 is 0. The summed E-state index contributed by atoms with van der Waals surface area (Å²) in [6.45, 7) is 0.970. The standard InChI is InChI=1S/C21H29N3O5/c22-13-5-4-9-16(19(25)24-14-6-10-18(24)21(28)29)23-17(20(26)27)12-11-15-7-2-1-3-8-15/h1-3,6-8,10,16-18,23H,4-5,9,11-14,22H2,(H,26,27)(H,28,29)/p+2/t16-,17-,18-/m0/s1. The molecule has 8 nitrogen and oxygen atoms in total. The summed E-state index contributed by atoms with van der Waals surface area (Å²) in [5.41, 5.74) is 4.85. The quantitative estimate of drug-likeness (QED) is 0.268. The molecule has 0 aliphatic carbocycles. The van der Waals surface area contributed by atoms with Crippen molar-refractivity contribution in [3.8, 4) is 0 Å². The van der Waals surface area contributed by atoms with Gasteiger partial charge in [0, 0.05) is 19.4 Å². The molecule has 0 aromatic heterocycles. The Kier molecular flexibility index (Phi) is 8.82. The average Bonchev–Trinajstić information content (AvgIpc) is 3.20. The minimum Gasteiger partial charge on any atom is -0.479 e. The van der Waals surface area contributed by atoms with Crippen LogP contribution in [0.3, 0.4) is 0 Å². The minimum atomic E-state index is -1.08. The number of benzene rings is 1. The highest BCUT2D eigenvalue weighted by Gasteiger charge is 2.38. The summed E-state index contributed by atoms with van der Waals surface area (Å²) in [6, 6.07) is 7.23. The highest BCUT2D eigenvalue weighted by atomic mass is 16.4. The van der Waals surface area contributed by atoms with Crippen LogP contribution in [0.25, 0.3) is 0 Å². The number of carbonyl (C=O) groups excluding carboxylic acids is 1. The van der Waals surface area contributed by atoms with Crippen molar-refractivity contribution in [1.82, 2.24) is 4.90 Å². The molecule has 1 amide bonds. The molecule has 0 bridgehead atoms. The maximum Gasteiger partial charge on any atom is 0.362 e. The zero-order valence-electron chi connectivity index (χ0n) is 16.6. The SMILES string of the molecule is [NH3+]CCCC[C@H]([NH2+][C@@H](CCc1ccccc1)C(=O)O)C(=O)N1CC=C[C@H]1C(=O)O. The van der Waals surface area contributed by atoms with Crippen LogP contribution in [-0.4, -0.2) is 64.2 Å². The highest BCUT2D eigenvalue weighted by molar-refractivity contribution is 5.88. The number of nitrogens with two attached hydrogens (primary N) is 1. The van der Waals surface area contributed by atoms with Gasteiger partial charge in [-0.3, -0.25) is 4.79 Å². The van der Waals surface area contributed by atoms with Crippen molar-refractivity contribution in [3.05, 3.63) is 48.0 Å². The monoisotopic (exact) mass is 405 g/mol. The first kappa shape index (κ1) is 22.6. The topological polar surface area (TPSA) is 139 Å². The number of carboxylic acid groups (broad SMARTS) is 2. The van der Waals surface area contributed by atoms with Gasteiger partial charge >= 0.3 is 11.9 Å². The number of nitrogens with zero attached hydrogens (tertiary/aromatic N) is 1. The molecule has 1 aromatic carbocycles. The van der Waals surface area contributed by atoms with E-state index < -0.39 is 30.1 Å². The third kappa shape index (κ3) is 6.69. The lowest BCUT2D eigenvalue weighted by Crippen LogP contribution is -2.98. The van der Waals surface area contributed by atoms with Gasteiger partial charge in [-0.1, -0.05) is 42.5 Å². The first-order valence-corrected chi connectivity index (χ1v) is 10.0. The predicted molar refractivity (Wildman–Crippen MR) is 106 cm³/mol. The Labute approximate surface area is 170 Å². The van der Waals surface area contributed by atoms with E-state index in [-0.39, 0.29) is 12.5 Å². The molecule has 8 heteroatoms. The van der Waals surface area contributed by atoms with Crippen LogP contribution in [0, 0.1) is 0 Å². The molecule has 0 saturated carbocycles. The lowest BCUT2D eigenvalue weighted by molar-refractivity contribution is -0.700. The second-order valence-corrected chi connectivity index (χ2v) is 7.32. The van der Waals surface area contributed by atoms with Gasteiger partial charge in [-0.25, -0.2) is 9.59 Å². The smallest absolute Gasteiger partial charge is 0.362 e. The zero-order chi connectivity index (χ0) is 21.2. The van der Waals surface area contributed by atoms with E-state index in [9.17, 15) is 24.6 Å². The van der Waals surface area contributed by atoms with Gasteiger partial charge in [-0.15, -0.1) is 0 Å². The molecule has 1 heterocycles. The van der Waals surface area contributed by atoms with Crippen molar-refractivity contribution < 1.29 is 35.6 Å². The Bertz CT molecular complexity index is 722. The van der Waals surface area contributed by atoms with Crippen molar-refractivity contribution >= 4 is 17.8 Å². The van der Waals surface area contributed by atoms with Crippen LogP contribution in [0.4, 0.5) is 0 Å². The Balaban J connectivity index is 2.08. The van der Waals surface area contributed by atoms with E-state index in [1.165, 1.54) is 11.0 Å². The maximum absolute atomic E-state index is 13.1. The molecule has 0 radical (unpaired) electrons. The minimum absolute atomic E-state index is 0.233. The van der Waals surface area contributed by atoms with Crippen LogP contribution in [-0.2, 0) is 20.8 Å². The second-order valence-electron chi connectivity index (χ2n) is 7.32. The predicted octanol–water partition coefficient (Wildman–Crippen LogP) is -0.732. The molecule has 7 N–H and O–H groups in total. The number of quaternary nitrogens is 2. The third-order valence-corrected chi connectivity index (χ3v) is 5.19. The lowest BCUT2D eigenvalue weighted by Gasteiger charge is -2.27. The van der Waals surface area contributed by atoms with E-state index in [0.29, 0.717) is 19.3 Å². The van der Waals surface area contributed by atoms with Crippen LogP contribution in [0.15, 0.2) is 42.5 Å². The lowest BCUT2D eigenvalue weighted by atomic mass is 10.0. The van der Waals surface area contributed by atoms with Gasteiger partial charge in [-0.05, 0) is 24.8 Å². The molecule has 158 valence electrons. The van der Waals surface area contributed by atoms with Crippen LogP contribution in [0.5, 0.6) is 0 Å². The van der Waals surface area contributed by atoms with Crippen molar-refractivity contribution in [3.63, 3.8) is 0 Å². The molecule has 0 saturated heterocycles. The Hall–Kier alpha value is -2.71. The fourth-order valence-electron chi connectivity index (χ4n) is 3.57. The Morgan fingerprint density at radius 3 is 2.45 bits per heavy atom. The van der Waals surface area contributed by atoms with Crippen LogP contribution in [0.1, 0.15) is 31.2 Å². The molecule has 0 spiro atoms. The van der Waals surface area contributed by atoms with Gasteiger partial charge in [0.05, 0.1) is 6.54 Å². The van der Waals surface area contributed by atoms with Gasteiger partial charge in [-0.2, -0.15) is 0 Å². The second kappa shape index (κ2) is 11.3. The summed E-state index contributed by atoms with van der Waals surface area (Å²) in [4.78, 5) is 37.6. The number of amides is 1. The molecule has 0 unspecified atom stereocenters. The number of aryl methyl sites for hydroxylation is 1. The Morgan fingerprint density at radius 2 is 1.83 bits per heavy atom. The van der Waals surface area contributed by atoms with Crippen molar-refractivity contribution in [2.24, 2.45) is 0 Å². The van der Waals surface area contributed by atoms with Gasteiger partial charge in [0.15, 0.2) is 12.1 Å². The number of hydrogen-bond acceptors (Lipinski definition) is 3. The van der Waals surface area contributed by atoms with Crippen LogP contribution >= 0.6 is 0 Å². The number of aliphatic carboxylic acids is 2. The molecular formula is C21H31N3O5+2. The summed E-state index contributed by atoms with van der Waals surface area (Å²) in [5.74, 6) is -2.37. The van der Waals surface area contributed by atoms with E-state index in [1.54, 1.807) is 11.4 Å². The fourth-order valence-corrected chi connectivity index (χ4v) is 3.57. The van der Waals surface area contributed by atoms with Crippen molar-refractivity contribution in [1.29, 1.82) is 0 Å². The number of unbranched alkanes of at least 4 members (excludes halogenated alkanes) is 1. The van der Waals surface area contributed by atoms with Gasteiger partial charge in [0.2, 0.25) is 0 Å². The molecule has 1 aliphatic heterocycles. The van der Waals surface area contributed by atoms with E-state index in [2.05, 4.69) is 5.73 Å². The molecule has 29 heavy (non-hydrogen) atoms. The third-order valence-electron chi connectivity index (χ3n) is 5.19. The van der Waals surface area contributed by atoms with E-state index in [4.69, 9.17) is 0 Å². The number of carbonyl (C=O) groups is 3. The molecule has 3 atom stereocenters. The highest BCUT2D eigenvalue weighted by Crippen LogP contribution is 2.13. The van der Waals surface area contributed by atoms with Crippen LogP contribution < -0.4 is 11.1 Å². The molecule has 2 rings (SSSR count). The van der Waals surface area contributed by atoms with Crippen molar-refractivity contribution in [2.75, 3.05) is 13.1 Å². The first-order valence-electron chi connectivity index (χ1n) is 10.0. The molecular weight excluding hydrogens is 374 g/mol. The molecule has 1 aromatic rings. The van der Waals surface area contributed by atoms with E-state index >= 15 is 0 Å². The zero-order valence-corrected chi connectivity index (χ0v) is 16.6. The fraction of sp³-hybridized carbons (Fsp3) is 0.476. The number of rotatable bonds is 12. The normalized spacial score (nSPS) is 17.8. The first-order chi connectivity index (χ1) is 13.9. The van der Waals surface area contributed by atoms with E-state index in [1.807, 2.05) is 30.3 Å². The number of carboxylic acids is 2.